The summed E-state index contributed by atoms with van der Waals surface area (Å²) in [4.78, 5) is 67.1. The highest BCUT2D eigenvalue weighted by atomic mass is 19.1. The van der Waals surface area contributed by atoms with E-state index in [2.05, 4.69) is 130 Å². The molecule has 0 aromatic heterocycles. The van der Waals surface area contributed by atoms with Crippen molar-refractivity contribution in [1.29, 1.82) is 0 Å². The van der Waals surface area contributed by atoms with Crippen LogP contribution in [0.25, 0.3) is 0 Å². The maximum Gasteiger partial charge on any atom is 0.320 e. The van der Waals surface area contributed by atoms with E-state index < -0.39 is 73.3 Å². The fraction of sp³-hybridized carbons (Fsp3) is 0.831. The van der Waals surface area contributed by atoms with E-state index in [0.29, 0.717) is 74.5 Å². The molecule has 8 N–H and O–H groups in total. The van der Waals surface area contributed by atoms with Gasteiger partial charge in [0, 0.05) is 122 Å². The number of nitrogens with one attached hydrogen (secondary N) is 8. The van der Waals surface area contributed by atoms with Gasteiger partial charge in [-0.25, -0.2) is 27.2 Å². The van der Waals surface area contributed by atoms with Crippen molar-refractivity contribution < 1.29 is 36.7 Å². The lowest BCUT2D eigenvalue weighted by Crippen LogP contribution is -2.79. The number of carbonyl (C=O) groups excluding carboxylic acids is 4. The molecule has 0 aromatic rings. The van der Waals surface area contributed by atoms with Crippen LogP contribution in [0.4, 0.5) is 27.2 Å². The Morgan fingerprint density at radius 1 is 0.505 bits per heavy atom. The van der Waals surface area contributed by atoms with Gasteiger partial charge in [0.15, 0.2) is 0 Å². The van der Waals surface area contributed by atoms with Gasteiger partial charge in [0.2, 0.25) is 11.8 Å². The van der Waals surface area contributed by atoms with Crippen molar-refractivity contribution in [3.05, 3.63) is 49.1 Å². The number of fused-ring (bicyclic) bond motifs is 14. The fourth-order valence-electron chi connectivity index (χ4n) is 21.6. The quantitative estimate of drug-likeness (QED) is 0.0935. The maximum atomic E-state index is 17.0. The van der Waals surface area contributed by atoms with Gasteiger partial charge in [0.05, 0.1) is 36.7 Å². The van der Waals surface area contributed by atoms with Crippen molar-refractivity contribution in [2.24, 2.45) is 59.2 Å². The predicted octanol–water partition coefficient (Wildman–Crippen LogP) is 8.38. The monoisotopic (exact) mass is 1330 g/mol. The lowest BCUT2D eigenvalue weighted by atomic mass is 9.68. The molecule has 10 heterocycles. The zero-order valence-corrected chi connectivity index (χ0v) is 57.9. The predicted molar refractivity (Wildman–Crippen MR) is 357 cm³/mol. The third-order valence-electron chi connectivity index (χ3n) is 26.2. The highest BCUT2D eigenvalue weighted by molar-refractivity contribution is 5.88. The number of hydrazine groups is 4. The Bertz CT molecular complexity index is 2860. The molecule has 0 spiro atoms. The zero-order valence-electron chi connectivity index (χ0n) is 57.9. The molecule has 0 radical (unpaired) electrons. The molecule has 4 aliphatic carbocycles. The molecule has 6 saturated heterocycles. The Morgan fingerprint density at radius 2 is 0.916 bits per heavy atom. The van der Waals surface area contributed by atoms with Crippen LogP contribution >= 0.6 is 0 Å². The second kappa shape index (κ2) is 28.4. The standard InChI is InChI=1S/C36H58F2N8O2.C35H56F2N8O2/c1-6-30(47)43-17-22(5)44(18-21(43)4)34-26-16-28(38)32-31-27(37)14-9-15-29(31)45-19-24(41-42-45)12-7-10-23-11-8-13-25(20(2)3)33(23)46(35(26)39-32)36(48)40-34;1-6-29(46)42-16-21(5)43(17-20(42)4)33-25-15-27(37)31-30-26(36)11-8-12-28(30)44-18-23(40-41-44)14-13-22-9-7-10-24(19(2)3)32(22)45(34(25)38-31)35(47)39-33/h6,19-23,25-29,31-35,39,41-42H,1,7-18H2,2-5H3,(H,40,48);6,18-22,24-28,30-34,38,40-41H,1,7-17H2,2-5H3,(H,39,47)/t21-,22+,23?,25?,26?,27?,28?,29?,31?,32?,33?,34?,35?;20-,21+,22?,24?,25?,26?,27?,28?,30?,31?,32?,33?,34?/m11/s1. The molecule has 10 aliphatic heterocycles. The van der Waals surface area contributed by atoms with Crippen LogP contribution in [0.15, 0.2) is 49.1 Å². The van der Waals surface area contributed by atoms with Gasteiger partial charge in [0.1, 0.15) is 24.7 Å². The molecule has 6 amide bonds. The van der Waals surface area contributed by atoms with E-state index >= 15 is 17.6 Å². The number of hydrogen-bond donors (Lipinski definition) is 8. The summed E-state index contributed by atoms with van der Waals surface area (Å²) in [6, 6.07) is -2.32. The van der Waals surface area contributed by atoms with E-state index in [0.717, 1.165) is 108 Å². The van der Waals surface area contributed by atoms with Gasteiger partial charge in [-0.05, 0) is 185 Å². The minimum Gasteiger partial charge on any atom is -0.334 e. The largest absolute Gasteiger partial charge is 0.334 e. The number of alkyl halides is 4. The molecule has 0 aromatic carbocycles. The van der Waals surface area contributed by atoms with Crippen LogP contribution in [0.3, 0.4) is 0 Å². The van der Waals surface area contributed by atoms with Crippen LogP contribution in [-0.2, 0) is 9.59 Å². The first-order valence-corrected chi connectivity index (χ1v) is 37.3. The van der Waals surface area contributed by atoms with Crippen LogP contribution in [-0.4, -0.2) is 199 Å². The summed E-state index contributed by atoms with van der Waals surface area (Å²) in [5.41, 5.74) is 15.4. The van der Waals surface area contributed by atoms with Crippen molar-refractivity contribution in [2.45, 2.75) is 287 Å². The van der Waals surface area contributed by atoms with Crippen molar-refractivity contribution >= 4 is 23.9 Å². The lowest BCUT2D eigenvalue weighted by Gasteiger charge is -2.60. The molecule has 24 heteroatoms. The normalized spacial score (nSPS) is 43.9. The summed E-state index contributed by atoms with van der Waals surface area (Å²) in [6.45, 7) is 26.8. The summed E-state index contributed by atoms with van der Waals surface area (Å²) < 4.78 is 66.2. The van der Waals surface area contributed by atoms with E-state index in [1.807, 2.05) is 33.7 Å². The topological polar surface area (TPSA) is 190 Å². The number of hydrogen-bond acceptors (Lipinski definition) is 14. The summed E-state index contributed by atoms with van der Waals surface area (Å²) >= 11 is 0. The minimum atomic E-state index is -1.28. The number of allylic oxidation sites excluding steroid dienone is 2. The summed E-state index contributed by atoms with van der Waals surface area (Å²) in [7, 11) is 0. The van der Waals surface area contributed by atoms with Crippen molar-refractivity contribution in [3.63, 3.8) is 0 Å². The Kier molecular flexibility index (Phi) is 20.5. The van der Waals surface area contributed by atoms with Crippen LogP contribution < -0.4 is 43.2 Å². The Labute approximate surface area is 562 Å². The fourth-order valence-corrected chi connectivity index (χ4v) is 21.6. The first-order valence-electron chi connectivity index (χ1n) is 37.3. The van der Waals surface area contributed by atoms with Crippen molar-refractivity contribution in [1.82, 2.24) is 82.6 Å². The molecule has 95 heavy (non-hydrogen) atoms. The third-order valence-corrected chi connectivity index (χ3v) is 26.2. The van der Waals surface area contributed by atoms with Gasteiger partial charge < -0.3 is 41.1 Å². The van der Waals surface area contributed by atoms with E-state index in [4.69, 9.17) is 0 Å². The molecule has 10 fully saturated rings. The highest BCUT2D eigenvalue weighted by Gasteiger charge is 2.61. The Hall–Kier alpha value is -4.88. The average Bonchev–Trinajstić information content (AvgIpc) is 1.53. The molecule has 20 nitrogen and oxygen atoms in total. The summed E-state index contributed by atoms with van der Waals surface area (Å²) in [6.07, 6.45) is 16.0. The molecular formula is C71H114F4N16O4. The number of urea groups is 2. The first kappa shape index (κ1) is 68.6. The number of nitrogens with zero attached hydrogens (tertiary/aromatic N) is 8. The van der Waals surface area contributed by atoms with Crippen LogP contribution in [0.1, 0.15) is 177 Å². The summed E-state index contributed by atoms with van der Waals surface area (Å²) in [5.74, 6) is 0.223. The van der Waals surface area contributed by atoms with Crippen molar-refractivity contribution in [3.8, 4) is 0 Å². The second-order valence-electron chi connectivity index (χ2n) is 32.3. The molecule has 4 saturated carbocycles. The third kappa shape index (κ3) is 13.0. The van der Waals surface area contributed by atoms with E-state index in [9.17, 15) is 19.2 Å². The maximum absolute atomic E-state index is 17.0. The van der Waals surface area contributed by atoms with E-state index in [1.54, 1.807) is 0 Å². The first-order chi connectivity index (χ1) is 45.6. The van der Waals surface area contributed by atoms with Gasteiger partial charge in [-0.15, -0.1) is 11.1 Å². The van der Waals surface area contributed by atoms with Crippen LogP contribution in [0.2, 0.25) is 0 Å². The van der Waals surface area contributed by atoms with E-state index in [-0.39, 0.29) is 96.9 Å². The van der Waals surface area contributed by atoms with Crippen LogP contribution in [0.5, 0.6) is 0 Å². The molecule has 530 valence electrons. The Morgan fingerprint density at radius 3 is 1.35 bits per heavy atom. The number of rotatable bonds is 6. The molecular weight excluding hydrogens is 1220 g/mol. The van der Waals surface area contributed by atoms with Crippen molar-refractivity contribution in [2.75, 3.05) is 26.2 Å². The zero-order chi connectivity index (χ0) is 67.0. The molecule has 26 atom stereocenters. The van der Waals surface area contributed by atoms with Gasteiger partial charge in [-0.3, -0.25) is 40.0 Å². The Balaban J connectivity index is 0.000000172. The molecule has 8 bridgehead atoms. The number of carbonyl (C=O) groups is 4. The number of piperazine rings is 2. The van der Waals surface area contributed by atoms with Gasteiger partial charge in [-0.2, -0.15) is 0 Å². The summed E-state index contributed by atoms with van der Waals surface area (Å²) in [5, 5.41) is 18.3. The second-order valence-corrected chi connectivity index (χ2v) is 32.3. The highest BCUT2D eigenvalue weighted by Crippen LogP contribution is 2.50. The number of amides is 6. The van der Waals surface area contributed by atoms with E-state index in [1.165, 1.54) is 12.2 Å². The molecule has 22 unspecified atom stereocenters. The molecule has 14 rings (SSSR count). The van der Waals surface area contributed by atoms with Gasteiger partial charge in [-0.1, -0.05) is 53.7 Å². The number of piperidine rings is 2. The van der Waals surface area contributed by atoms with Gasteiger partial charge in [0.25, 0.3) is 0 Å². The lowest BCUT2D eigenvalue weighted by molar-refractivity contribution is -0.137. The number of halogens is 4. The minimum absolute atomic E-state index is 0.00457. The molecule has 14 aliphatic rings. The van der Waals surface area contributed by atoms with Gasteiger partial charge >= 0.3 is 12.1 Å². The van der Waals surface area contributed by atoms with Crippen LogP contribution in [0, 0.1) is 59.2 Å². The smallest absolute Gasteiger partial charge is 0.320 e. The average molecular weight is 1330 g/mol. The SMILES string of the molecule is C=CC(=O)N1C[C@H](C)N(C2NC(=O)N3C4NC(C(F)CC42)C2C(F)CCCC2N2C=C(CCC4CCCC(C(C)C)C43)NN2)C[C@H]1C.C=CC(=O)N1C[C@H](C)N(C2NC(=O)N3C4NC(C(F)CC42)C2C(F)CCCC2N2C=C(CCCC4CCCC(C(C)C)C43)NN2)C[C@H]1C.